The van der Waals surface area contributed by atoms with Crippen molar-refractivity contribution in [2.75, 3.05) is 17.2 Å². The summed E-state index contributed by atoms with van der Waals surface area (Å²) < 4.78 is 2.18. The van der Waals surface area contributed by atoms with Crippen LogP contribution >= 0.6 is 0 Å². The summed E-state index contributed by atoms with van der Waals surface area (Å²) in [6, 6.07) is 0. The third-order valence-corrected chi connectivity index (χ3v) is 3.72. The normalized spacial score (nSPS) is 14.4. The van der Waals surface area contributed by atoms with Gasteiger partial charge < -0.3 is 15.2 Å². The number of hydrogen-bond donors (Lipinski definition) is 1. The minimum Gasteiger partial charge on any atom is -0.383 e. The molecule has 2 N–H and O–H groups in total. The molecule has 6 nitrogen and oxygen atoms in total. The number of anilines is 2. The summed E-state index contributed by atoms with van der Waals surface area (Å²) >= 11 is 0. The molecule has 0 aromatic carbocycles. The third-order valence-electron chi connectivity index (χ3n) is 3.72. The van der Waals surface area contributed by atoms with Gasteiger partial charge in [0, 0.05) is 37.5 Å². The lowest BCUT2D eigenvalue weighted by atomic mass is 10.2. The molecule has 106 valence electrons. The summed E-state index contributed by atoms with van der Waals surface area (Å²) in [5.74, 6) is 3.45. The molecule has 3 heterocycles. The smallest absolute Gasteiger partial charge is 0.137 e. The fourth-order valence-electron chi connectivity index (χ4n) is 2.57. The van der Waals surface area contributed by atoms with Crippen LogP contribution in [0.1, 0.15) is 30.6 Å². The second-order valence-electron chi connectivity index (χ2n) is 5.18. The molecule has 0 radical (unpaired) electrons. The van der Waals surface area contributed by atoms with Gasteiger partial charge in [-0.2, -0.15) is 0 Å². The molecule has 20 heavy (non-hydrogen) atoms. The van der Waals surface area contributed by atoms with E-state index in [-0.39, 0.29) is 0 Å². The summed E-state index contributed by atoms with van der Waals surface area (Å²) in [5.41, 5.74) is 7.00. The van der Waals surface area contributed by atoms with Gasteiger partial charge in [0.15, 0.2) is 0 Å². The molecular formula is C14H20N6. The zero-order valence-electron chi connectivity index (χ0n) is 12.0. The quantitative estimate of drug-likeness (QED) is 0.917. The fraction of sp³-hybridized carbons (Fsp3) is 0.500. The highest BCUT2D eigenvalue weighted by Gasteiger charge is 2.21. The minimum absolute atomic E-state index is 0.590. The van der Waals surface area contributed by atoms with Gasteiger partial charge in [0.25, 0.3) is 0 Å². The van der Waals surface area contributed by atoms with Crippen LogP contribution in [-0.2, 0) is 19.5 Å². The molecule has 2 aromatic heterocycles. The van der Waals surface area contributed by atoms with Crippen molar-refractivity contribution in [2.45, 2.75) is 39.8 Å². The van der Waals surface area contributed by atoms with Crippen molar-refractivity contribution in [3.63, 3.8) is 0 Å². The van der Waals surface area contributed by atoms with E-state index in [0.717, 1.165) is 55.5 Å². The van der Waals surface area contributed by atoms with E-state index in [1.54, 1.807) is 0 Å². The van der Waals surface area contributed by atoms with E-state index in [1.165, 1.54) is 0 Å². The molecule has 1 aliphatic rings. The van der Waals surface area contributed by atoms with Crippen molar-refractivity contribution >= 4 is 11.6 Å². The maximum absolute atomic E-state index is 6.03. The van der Waals surface area contributed by atoms with E-state index in [0.29, 0.717) is 5.82 Å². The van der Waals surface area contributed by atoms with Crippen molar-refractivity contribution in [2.24, 2.45) is 0 Å². The number of nitrogens with zero attached hydrogens (tertiary/aromatic N) is 5. The maximum Gasteiger partial charge on any atom is 0.137 e. The van der Waals surface area contributed by atoms with E-state index in [2.05, 4.69) is 26.4 Å². The van der Waals surface area contributed by atoms with Crippen LogP contribution in [0.25, 0.3) is 0 Å². The fourth-order valence-corrected chi connectivity index (χ4v) is 2.57. The van der Waals surface area contributed by atoms with Crippen molar-refractivity contribution < 1.29 is 0 Å². The number of nitrogens with two attached hydrogens (primary N) is 1. The second-order valence-corrected chi connectivity index (χ2v) is 5.18. The van der Waals surface area contributed by atoms with Gasteiger partial charge >= 0.3 is 0 Å². The van der Waals surface area contributed by atoms with E-state index < -0.39 is 0 Å². The SMILES string of the molecule is CCCc1nc(N)c(C)c(N2CCn3ccnc3C2)n1. The molecule has 2 aromatic rings. The Morgan fingerprint density at radius 1 is 1.30 bits per heavy atom. The summed E-state index contributed by atoms with van der Waals surface area (Å²) in [6.07, 6.45) is 5.76. The van der Waals surface area contributed by atoms with Crippen LogP contribution in [0.2, 0.25) is 0 Å². The summed E-state index contributed by atoms with van der Waals surface area (Å²) in [5, 5.41) is 0. The second kappa shape index (κ2) is 5.11. The molecule has 1 aliphatic heterocycles. The van der Waals surface area contributed by atoms with Crippen LogP contribution in [0.4, 0.5) is 11.6 Å². The molecule has 0 atom stereocenters. The van der Waals surface area contributed by atoms with Gasteiger partial charge in [-0.1, -0.05) is 6.92 Å². The summed E-state index contributed by atoms with van der Waals surface area (Å²) in [7, 11) is 0. The molecule has 0 unspecified atom stereocenters. The van der Waals surface area contributed by atoms with Gasteiger partial charge in [-0.15, -0.1) is 0 Å². The Balaban J connectivity index is 1.94. The third kappa shape index (κ3) is 2.21. The number of imidazole rings is 1. The average molecular weight is 272 g/mol. The number of aryl methyl sites for hydroxylation is 1. The molecule has 0 spiro atoms. The number of fused-ring (bicyclic) bond motifs is 1. The van der Waals surface area contributed by atoms with E-state index in [1.807, 2.05) is 19.3 Å². The first-order chi connectivity index (χ1) is 9.69. The Hall–Kier alpha value is -2.11. The zero-order valence-corrected chi connectivity index (χ0v) is 12.0. The van der Waals surface area contributed by atoms with Gasteiger partial charge in [-0.25, -0.2) is 15.0 Å². The molecule has 3 rings (SSSR count). The standard InChI is InChI=1S/C14H20N6/c1-3-4-11-17-13(15)10(2)14(18-11)20-8-7-19-6-5-16-12(19)9-20/h5-6H,3-4,7-9H2,1-2H3,(H2,15,17,18). The van der Waals surface area contributed by atoms with Crippen molar-refractivity contribution in [1.29, 1.82) is 0 Å². The first kappa shape index (κ1) is 12.9. The highest BCUT2D eigenvalue weighted by atomic mass is 15.3. The van der Waals surface area contributed by atoms with E-state index >= 15 is 0 Å². The summed E-state index contributed by atoms with van der Waals surface area (Å²) in [6.45, 7) is 6.74. The Kier molecular flexibility index (Phi) is 3.30. The monoisotopic (exact) mass is 272 g/mol. The average Bonchev–Trinajstić information content (AvgIpc) is 2.90. The largest absolute Gasteiger partial charge is 0.383 e. The minimum atomic E-state index is 0.590. The lowest BCUT2D eigenvalue weighted by molar-refractivity contribution is 0.554. The Morgan fingerprint density at radius 3 is 2.95 bits per heavy atom. The molecule has 0 fully saturated rings. The molecule has 0 amide bonds. The molecule has 0 saturated carbocycles. The number of rotatable bonds is 3. The predicted octanol–water partition coefficient (Wildman–Crippen LogP) is 1.54. The van der Waals surface area contributed by atoms with E-state index in [9.17, 15) is 0 Å². The number of nitrogen functional groups attached to an aromatic ring is 1. The topological polar surface area (TPSA) is 72.9 Å². The Morgan fingerprint density at radius 2 is 2.15 bits per heavy atom. The van der Waals surface area contributed by atoms with Crippen molar-refractivity contribution in [1.82, 2.24) is 19.5 Å². The lowest BCUT2D eigenvalue weighted by Crippen LogP contribution is -2.35. The number of aromatic nitrogens is 4. The number of hydrogen-bond acceptors (Lipinski definition) is 5. The van der Waals surface area contributed by atoms with Gasteiger partial charge in [-0.05, 0) is 13.3 Å². The highest BCUT2D eigenvalue weighted by Crippen LogP contribution is 2.25. The maximum atomic E-state index is 6.03. The van der Waals surface area contributed by atoms with Gasteiger partial charge in [0.1, 0.15) is 23.3 Å². The zero-order chi connectivity index (χ0) is 14.1. The molecule has 0 aliphatic carbocycles. The van der Waals surface area contributed by atoms with Crippen LogP contribution in [0.3, 0.4) is 0 Å². The van der Waals surface area contributed by atoms with Crippen LogP contribution in [0, 0.1) is 6.92 Å². The van der Waals surface area contributed by atoms with Crippen molar-refractivity contribution in [3.8, 4) is 0 Å². The van der Waals surface area contributed by atoms with Gasteiger partial charge in [0.2, 0.25) is 0 Å². The molecular weight excluding hydrogens is 252 g/mol. The van der Waals surface area contributed by atoms with Crippen molar-refractivity contribution in [3.05, 3.63) is 29.6 Å². The van der Waals surface area contributed by atoms with Crippen LogP contribution < -0.4 is 10.6 Å². The first-order valence-corrected chi connectivity index (χ1v) is 7.07. The lowest BCUT2D eigenvalue weighted by Gasteiger charge is -2.30. The Bertz CT molecular complexity index is 618. The first-order valence-electron chi connectivity index (χ1n) is 7.07. The highest BCUT2D eigenvalue weighted by molar-refractivity contribution is 5.56. The predicted molar refractivity (Wildman–Crippen MR) is 78.5 cm³/mol. The van der Waals surface area contributed by atoms with E-state index in [4.69, 9.17) is 10.7 Å². The van der Waals surface area contributed by atoms with Crippen LogP contribution in [0.5, 0.6) is 0 Å². The van der Waals surface area contributed by atoms with Crippen LogP contribution in [0.15, 0.2) is 12.4 Å². The van der Waals surface area contributed by atoms with Gasteiger partial charge in [-0.3, -0.25) is 0 Å². The Labute approximate surface area is 118 Å². The molecule has 6 heteroatoms. The molecule has 0 bridgehead atoms. The van der Waals surface area contributed by atoms with Gasteiger partial charge in [0.05, 0.1) is 6.54 Å². The summed E-state index contributed by atoms with van der Waals surface area (Å²) in [4.78, 5) is 15.7. The molecule has 0 saturated heterocycles. The van der Waals surface area contributed by atoms with Crippen LogP contribution in [-0.4, -0.2) is 26.1 Å².